The van der Waals surface area contributed by atoms with Gasteiger partial charge in [0.05, 0.1) is 7.11 Å². The smallest absolute Gasteiger partial charge is 0.290 e. The molecule has 0 aliphatic heterocycles. The Hall–Kier alpha value is -0.0300. The highest BCUT2D eigenvalue weighted by molar-refractivity contribution is 7.48. The molecule has 0 saturated heterocycles. The fraction of sp³-hybridized carbons (Fsp3) is 1.00. The van der Waals surface area contributed by atoms with E-state index in [4.69, 9.17) is 0 Å². The summed E-state index contributed by atoms with van der Waals surface area (Å²) in [6.45, 7) is 0. The van der Waals surface area contributed by atoms with Crippen LogP contribution in [-0.2, 0) is 31.8 Å². The molecule has 0 fully saturated rings. The lowest BCUT2D eigenvalue weighted by Gasteiger charge is -2.08. The Labute approximate surface area is 76.8 Å². The highest BCUT2D eigenvalue weighted by Crippen LogP contribution is 2.46. The molecule has 0 aliphatic carbocycles. The maximum Gasteiger partial charge on any atom is 0.473 e. The molecule has 0 heterocycles. The molecule has 0 saturated carbocycles. The van der Waals surface area contributed by atoms with E-state index in [9.17, 15) is 13.7 Å². The maximum atomic E-state index is 10.7. The normalized spacial score (nSPS) is 10.2. The zero-order valence-corrected chi connectivity index (χ0v) is 9.54. The number of phosphoric acid groups is 1. The van der Waals surface area contributed by atoms with Gasteiger partial charge in [-0.2, -0.15) is 0 Å². The van der Waals surface area contributed by atoms with Gasteiger partial charge < -0.3 is 0 Å². The SMILES string of the molecule is COP(=O)(OC)OC.COP(=O)=O. The fourth-order valence-corrected chi connectivity index (χ4v) is 0.671. The molecule has 0 spiro atoms. The van der Waals surface area contributed by atoms with E-state index in [0.29, 0.717) is 0 Å². The van der Waals surface area contributed by atoms with Gasteiger partial charge >= 0.3 is 15.7 Å². The van der Waals surface area contributed by atoms with Crippen molar-refractivity contribution >= 4 is 15.7 Å². The van der Waals surface area contributed by atoms with E-state index in [0.717, 1.165) is 7.11 Å². The first-order chi connectivity index (χ1) is 5.95. The predicted octanol–water partition coefficient (Wildman–Crippen LogP) is 1.75. The summed E-state index contributed by atoms with van der Waals surface area (Å²) in [6.07, 6.45) is 0. The molecule has 0 atom stereocenters. The molecular weight excluding hydrogens is 222 g/mol. The van der Waals surface area contributed by atoms with Crippen molar-refractivity contribution in [2.45, 2.75) is 0 Å². The molecule has 7 nitrogen and oxygen atoms in total. The first kappa shape index (κ1) is 15.4. The van der Waals surface area contributed by atoms with Gasteiger partial charge in [-0.1, -0.05) is 0 Å². The summed E-state index contributed by atoms with van der Waals surface area (Å²) in [7, 11) is -0.884. The highest BCUT2D eigenvalue weighted by atomic mass is 31.2. The molecule has 80 valence electrons. The van der Waals surface area contributed by atoms with E-state index in [-0.39, 0.29) is 0 Å². The molecule has 0 aromatic carbocycles. The Morgan fingerprint density at radius 2 is 1.15 bits per heavy atom. The number of rotatable bonds is 4. The van der Waals surface area contributed by atoms with Crippen LogP contribution in [0.15, 0.2) is 0 Å². The average molecular weight is 234 g/mol. The number of hydrogen-bond acceptors (Lipinski definition) is 7. The topological polar surface area (TPSA) is 88.1 Å². The lowest BCUT2D eigenvalue weighted by Crippen LogP contribution is -1.88. The van der Waals surface area contributed by atoms with Gasteiger partial charge in [0.15, 0.2) is 0 Å². The van der Waals surface area contributed by atoms with Gasteiger partial charge in [-0.05, 0) is 0 Å². The summed E-state index contributed by atoms with van der Waals surface area (Å²) < 4.78 is 45.8. The van der Waals surface area contributed by atoms with Gasteiger partial charge in [-0.15, -0.1) is 0 Å². The summed E-state index contributed by atoms with van der Waals surface area (Å²) in [6, 6.07) is 0. The minimum Gasteiger partial charge on any atom is -0.290 e. The molecule has 13 heavy (non-hydrogen) atoms. The van der Waals surface area contributed by atoms with Gasteiger partial charge in [0.1, 0.15) is 0 Å². The minimum atomic E-state index is -3.16. The van der Waals surface area contributed by atoms with Crippen LogP contribution in [-0.4, -0.2) is 28.4 Å². The van der Waals surface area contributed by atoms with E-state index in [2.05, 4.69) is 18.1 Å². The first-order valence-electron chi connectivity index (χ1n) is 2.91. The zero-order valence-electron chi connectivity index (χ0n) is 7.75. The third-order valence-electron chi connectivity index (χ3n) is 0.820. The van der Waals surface area contributed by atoms with E-state index >= 15 is 0 Å². The summed E-state index contributed by atoms with van der Waals surface area (Å²) in [4.78, 5) is 0. The Morgan fingerprint density at radius 1 is 0.923 bits per heavy atom. The molecular formula is C4H12O7P2. The highest BCUT2D eigenvalue weighted by Gasteiger charge is 2.18. The summed E-state index contributed by atoms with van der Waals surface area (Å²) in [5, 5.41) is 0. The van der Waals surface area contributed by atoms with Crippen LogP contribution >= 0.6 is 15.7 Å². The second-order valence-electron chi connectivity index (χ2n) is 1.40. The molecule has 0 amide bonds. The quantitative estimate of drug-likeness (QED) is 0.684. The van der Waals surface area contributed by atoms with Crippen molar-refractivity contribution in [3.05, 3.63) is 0 Å². The molecule has 0 unspecified atom stereocenters. The van der Waals surface area contributed by atoms with Crippen molar-refractivity contribution in [2.75, 3.05) is 28.4 Å². The van der Waals surface area contributed by atoms with Gasteiger partial charge in [0.2, 0.25) is 0 Å². The van der Waals surface area contributed by atoms with E-state index < -0.39 is 15.7 Å². The Balaban J connectivity index is 0. The lowest BCUT2D eigenvalue weighted by atomic mass is 11.8. The summed E-state index contributed by atoms with van der Waals surface area (Å²) >= 11 is 0. The van der Waals surface area contributed by atoms with Crippen molar-refractivity contribution in [2.24, 2.45) is 0 Å². The largest absolute Gasteiger partial charge is 0.473 e. The molecule has 0 radical (unpaired) electrons. The van der Waals surface area contributed by atoms with Gasteiger partial charge in [0, 0.05) is 21.3 Å². The summed E-state index contributed by atoms with van der Waals surface area (Å²) in [5.74, 6) is 0. The number of hydrogen-bond donors (Lipinski definition) is 0. The summed E-state index contributed by atoms with van der Waals surface area (Å²) in [5.41, 5.74) is 0. The van der Waals surface area contributed by atoms with Crippen LogP contribution < -0.4 is 0 Å². The average Bonchev–Trinajstić information content (AvgIpc) is 2.17. The van der Waals surface area contributed by atoms with Crippen molar-refractivity contribution in [1.29, 1.82) is 0 Å². The third-order valence-corrected chi connectivity index (χ3v) is 2.46. The standard InChI is InChI=1S/C3H9O4P.CH3O3P/c1-5-8(4,6-2)7-3;1-4-5(2)3/h1-3H3;1H3. The van der Waals surface area contributed by atoms with Crippen molar-refractivity contribution in [3.63, 3.8) is 0 Å². The number of phosphoric ester groups is 1. The van der Waals surface area contributed by atoms with Crippen LogP contribution in [0, 0.1) is 0 Å². The van der Waals surface area contributed by atoms with Crippen LogP contribution in [0.5, 0.6) is 0 Å². The van der Waals surface area contributed by atoms with Crippen LogP contribution in [0.1, 0.15) is 0 Å². The van der Waals surface area contributed by atoms with Crippen molar-refractivity contribution in [1.82, 2.24) is 0 Å². The minimum absolute atomic E-state index is 1.10. The second-order valence-corrected chi connectivity index (χ2v) is 4.20. The Bertz CT molecular complexity index is 196. The third kappa shape index (κ3) is 9.89. The van der Waals surface area contributed by atoms with Gasteiger partial charge in [-0.25, -0.2) is 13.7 Å². The maximum absolute atomic E-state index is 10.7. The van der Waals surface area contributed by atoms with Crippen molar-refractivity contribution < 1.29 is 31.8 Å². The van der Waals surface area contributed by atoms with E-state index in [1.165, 1.54) is 21.3 Å². The van der Waals surface area contributed by atoms with Crippen LogP contribution in [0.25, 0.3) is 0 Å². The lowest BCUT2D eigenvalue weighted by molar-refractivity contribution is 0.178. The molecule has 0 rings (SSSR count). The second kappa shape index (κ2) is 8.56. The zero-order chi connectivity index (χ0) is 10.9. The Morgan fingerprint density at radius 3 is 1.15 bits per heavy atom. The first-order valence-corrected chi connectivity index (χ1v) is 5.47. The molecule has 0 N–H and O–H groups in total. The molecule has 0 aromatic heterocycles. The van der Waals surface area contributed by atoms with Crippen LogP contribution in [0.3, 0.4) is 0 Å². The van der Waals surface area contributed by atoms with Crippen molar-refractivity contribution in [3.8, 4) is 0 Å². The molecule has 0 aliphatic rings. The van der Waals surface area contributed by atoms with Crippen LogP contribution in [0.4, 0.5) is 0 Å². The van der Waals surface area contributed by atoms with Gasteiger partial charge in [-0.3, -0.25) is 18.1 Å². The molecule has 0 aromatic rings. The van der Waals surface area contributed by atoms with E-state index in [1.807, 2.05) is 0 Å². The Kier molecular flexibility index (Phi) is 10.2. The predicted molar refractivity (Wildman–Crippen MR) is 43.9 cm³/mol. The van der Waals surface area contributed by atoms with Gasteiger partial charge in [0.25, 0.3) is 0 Å². The van der Waals surface area contributed by atoms with E-state index in [1.54, 1.807) is 0 Å². The fourth-order valence-electron chi connectivity index (χ4n) is 0.224. The molecule has 9 heteroatoms. The van der Waals surface area contributed by atoms with Crippen LogP contribution in [0.2, 0.25) is 0 Å². The molecule has 0 bridgehead atoms. The monoisotopic (exact) mass is 234 g/mol.